The second kappa shape index (κ2) is 5.85. The topological polar surface area (TPSA) is 42.4 Å². The van der Waals surface area contributed by atoms with Crippen molar-refractivity contribution in [2.45, 2.75) is 6.92 Å². The third-order valence-corrected chi connectivity index (χ3v) is 3.42. The maximum atomic E-state index is 12.2. The summed E-state index contributed by atoms with van der Waals surface area (Å²) < 4.78 is 5.43. The predicted molar refractivity (Wildman–Crippen MR) is 87.3 cm³/mol. The third-order valence-electron chi connectivity index (χ3n) is 3.42. The zero-order valence-electron chi connectivity index (χ0n) is 12.5. The number of amides is 1. The van der Waals surface area contributed by atoms with E-state index >= 15 is 0 Å². The first kappa shape index (κ1) is 14.1. The highest BCUT2D eigenvalue weighted by Gasteiger charge is 2.13. The molecule has 0 N–H and O–H groups in total. The Hall–Kier alpha value is -2.88. The van der Waals surface area contributed by atoms with Crippen LogP contribution in [0.2, 0.25) is 0 Å². The summed E-state index contributed by atoms with van der Waals surface area (Å²) >= 11 is 0. The number of pyridine rings is 1. The molecule has 0 aliphatic rings. The molecule has 22 heavy (non-hydrogen) atoms. The maximum absolute atomic E-state index is 12.2. The predicted octanol–water partition coefficient (Wildman–Crippen LogP) is 4.18. The van der Waals surface area contributed by atoms with Crippen LogP contribution in [-0.2, 0) is 0 Å². The van der Waals surface area contributed by atoms with Crippen molar-refractivity contribution < 1.29 is 9.53 Å². The van der Waals surface area contributed by atoms with Gasteiger partial charge < -0.3 is 4.74 Å². The largest absolute Gasteiger partial charge is 0.419 e. The molecule has 110 valence electrons. The van der Waals surface area contributed by atoms with Crippen LogP contribution >= 0.6 is 0 Å². The number of hydrogen-bond donors (Lipinski definition) is 0. The molecule has 1 amide bonds. The Morgan fingerprint density at radius 3 is 2.59 bits per heavy atom. The Kier molecular flexibility index (Phi) is 3.74. The number of rotatable bonds is 2. The first-order valence-electron chi connectivity index (χ1n) is 7.01. The minimum atomic E-state index is -0.425. The standard InChI is InChI=1S/C18H16N2O2/c1-13-8-9-14-12-16(10-11-17(14)19-13)22-18(21)20(2)15-6-4-3-5-7-15/h3-12H,1-2H3. The van der Waals surface area contributed by atoms with Crippen molar-refractivity contribution in [3.8, 4) is 5.75 Å². The average molecular weight is 292 g/mol. The second-order valence-electron chi connectivity index (χ2n) is 5.07. The molecule has 2 aromatic carbocycles. The van der Waals surface area contributed by atoms with E-state index in [0.29, 0.717) is 5.75 Å². The van der Waals surface area contributed by atoms with Gasteiger partial charge in [-0.15, -0.1) is 0 Å². The number of hydrogen-bond acceptors (Lipinski definition) is 3. The molecule has 4 nitrogen and oxygen atoms in total. The highest BCUT2D eigenvalue weighted by molar-refractivity contribution is 5.89. The number of carbonyl (C=O) groups is 1. The van der Waals surface area contributed by atoms with Crippen molar-refractivity contribution in [3.05, 3.63) is 66.4 Å². The van der Waals surface area contributed by atoms with Gasteiger partial charge in [0.15, 0.2) is 0 Å². The van der Waals surface area contributed by atoms with Gasteiger partial charge in [-0.2, -0.15) is 0 Å². The van der Waals surface area contributed by atoms with Crippen LogP contribution in [0.25, 0.3) is 10.9 Å². The van der Waals surface area contributed by atoms with Gasteiger partial charge >= 0.3 is 6.09 Å². The minimum Gasteiger partial charge on any atom is -0.410 e. The van der Waals surface area contributed by atoms with E-state index in [1.54, 1.807) is 13.1 Å². The van der Waals surface area contributed by atoms with E-state index in [-0.39, 0.29) is 0 Å². The van der Waals surface area contributed by atoms with Gasteiger partial charge in [0.05, 0.1) is 5.52 Å². The SMILES string of the molecule is Cc1ccc2cc(OC(=O)N(C)c3ccccc3)ccc2n1. The molecule has 0 radical (unpaired) electrons. The van der Waals surface area contributed by atoms with Gasteiger partial charge in [-0.3, -0.25) is 9.88 Å². The summed E-state index contributed by atoms with van der Waals surface area (Å²) in [6, 6.07) is 18.7. The highest BCUT2D eigenvalue weighted by Crippen LogP contribution is 2.21. The Balaban J connectivity index is 1.80. The fraction of sp³-hybridized carbons (Fsp3) is 0.111. The summed E-state index contributed by atoms with van der Waals surface area (Å²) in [6.45, 7) is 1.95. The van der Waals surface area contributed by atoms with Gasteiger partial charge in [-0.05, 0) is 43.3 Å². The summed E-state index contributed by atoms with van der Waals surface area (Å²) in [5.74, 6) is 0.505. The fourth-order valence-electron chi connectivity index (χ4n) is 2.20. The number of nitrogens with zero attached hydrogens (tertiary/aromatic N) is 2. The Labute approximate surface area is 129 Å². The molecule has 0 saturated carbocycles. The molecule has 0 saturated heterocycles. The Morgan fingerprint density at radius 1 is 1.05 bits per heavy atom. The van der Waals surface area contributed by atoms with Crippen molar-refractivity contribution in [2.75, 3.05) is 11.9 Å². The zero-order valence-corrected chi connectivity index (χ0v) is 12.5. The average Bonchev–Trinajstić information content (AvgIpc) is 2.55. The Bertz CT molecular complexity index is 816. The van der Waals surface area contributed by atoms with E-state index in [2.05, 4.69) is 4.98 Å². The smallest absolute Gasteiger partial charge is 0.410 e. The van der Waals surface area contributed by atoms with Crippen LogP contribution in [0.15, 0.2) is 60.7 Å². The molecule has 4 heteroatoms. The summed E-state index contributed by atoms with van der Waals surface area (Å²) in [7, 11) is 1.68. The molecule has 0 bridgehead atoms. The second-order valence-corrected chi connectivity index (χ2v) is 5.07. The van der Waals surface area contributed by atoms with E-state index in [0.717, 1.165) is 22.3 Å². The van der Waals surface area contributed by atoms with Gasteiger partial charge in [-0.1, -0.05) is 24.3 Å². The monoisotopic (exact) mass is 292 g/mol. The van der Waals surface area contributed by atoms with Crippen LogP contribution in [0, 0.1) is 6.92 Å². The lowest BCUT2D eigenvalue weighted by molar-refractivity contribution is 0.209. The van der Waals surface area contributed by atoms with Crippen LogP contribution in [0.4, 0.5) is 10.5 Å². The molecule has 3 aromatic rings. The number of ether oxygens (including phenoxy) is 1. The van der Waals surface area contributed by atoms with Crippen LogP contribution in [0.3, 0.4) is 0 Å². The highest BCUT2D eigenvalue weighted by atomic mass is 16.6. The molecule has 0 aliphatic carbocycles. The number of aromatic nitrogens is 1. The molecule has 1 heterocycles. The molecule has 3 rings (SSSR count). The molecular formula is C18H16N2O2. The summed E-state index contributed by atoms with van der Waals surface area (Å²) in [6.07, 6.45) is -0.425. The molecule has 1 aromatic heterocycles. The number of fused-ring (bicyclic) bond motifs is 1. The molecule has 0 spiro atoms. The van der Waals surface area contributed by atoms with Gasteiger partial charge in [0, 0.05) is 23.8 Å². The molecule has 0 aliphatic heterocycles. The number of carbonyl (C=O) groups excluding carboxylic acids is 1. The van der Waals surface area contributed by atoms with E-state index in [1.807, 2.05) is 61.5 Å². The minimum absolute atomic E-state index is 0.425. The van der Waals surface area contributed by atoms with Crippen LogP contribution in [-0.4, -0.2) is 18.1 Å². The van der Waals surface area contributed by atoms with Crippen molar-refractivity contribution in [2.24, 2.45) is 0 Å². The molecule has 0 unspecified atom stereocenters. The molecule has 0 atom stereocenters. The van der Waals surface area contributed by atoms with Gasteiger partial charge in [0.25, 0.3) is 0 Å². The molecule has 0 fully saturated rings. The number of benzene rings is 2. The van der Waals surface area contributed by atoms with Gasteiger partial charge in [-0.25, -0.2) is 4.79 Å². The maximum Gasteiger partial charge on any atom is 0.419 e. The van der Waals surface area contributed by atoms with E-state index in [9.17, 15) is 4.79 Å². The first-order valence-corrected chi connectivity index (χ1v) is 7.01. The molecular weight excluding hydrogens is 276 g/mol. The first-order chi connectivity index (χ1) is 10.6. The van der Waals surface area contributed by atoms with E-state index in [1.165, 1.54) is 4.90 Å². The van der Waals surface area contributed by atoms with Crippen LogP contribution in [0.1, 0.15) is 5.69 Å². The zero-order chi connectivity index (χ0) is 15.5. The lowest BCUT2D eigenvalue weighted by atomic mass is 10.2. The number of aryl methyl sites for hydroxylation is 1. The quantitative estimate of drug-likeness (QED) is 0.711. The van der Waals surface area contributed by atoms with Gasteiger partial charge in [0.2, 0.25) is 0 Å². The van der Waals surface area contributed by atoms with Crippen molar-refractivity contribution >= 4 is 22.7 Å². The van der Waals surface area contributed by atoms with E-state index < -0.39 is 6.09 Å². The Morgan fingerprint density at radius 2 is 1.82 bits per heavy atom. The summed E-state index contributed by atoms with van der Waals surface area (Å²) in [4.78, 5) is 18.1. The van der Waals surface area contributed by atoms with Crippen LogP contribution in [0.5, 0.6) is 5.75 Å². The normalized spacial score (nSPS) is 10.5. The third kappa shape index (κ3) is 2.91. The lowest BCUT2D eigenvalue weighted by Crippen LogP contribution is -2.29. The number of para-hydroxylation sites is 1. The van der Waals surface area contributed by atoms with Crippen molar-refractivity contribution in [1.29, 1.82) is 0 Å². The van der Waals surface area contributed by atoms with Crippen molar-refractivity contribution in [1.82, 2.24) is 4.98 Å². The number of anilines is 1. The fourth-order valence-corrected chi connectivity index (χ4v) is 2.20. The summed E-state index contributed by atoms with van der Waals surface area (Å²) in [5.41, 5.74) is 2.63. The van der Waals surface area contributed by atoms with Crippen molar-refractivity contribution in [3.63, 3.8) is 0 Å². The lowest BCUT2D eigenvalue weighted by Gasteiger charge is -2.16. The van der Waals surface area contributed by atoms with Crippen LogP contribution < -0.4 is 9.64 Å². The van der Waals surface area contributed by atoms with E-state index in [4.69, 9.17) is 4.74 Å². The van der Waals surface area contributed by atoms with Gasteiger partial charge in [0.1, 0.15) is 5.75 Å². The summed E-state index contributed by atoms with van der Waals surface area (Å²) in [5, 5.41) is 0.943.